The summed E-state index contributed by atoms with van der Waals surface area (Å²) in [6, 6.07) is 4.15. The molecule has 1 saturated heterocycles. The Morgan fingerprint density at radius 3 is 3.00 bits per heavy atom. The second kappa shape index (κ2) is 6.74. The summed E-state index contributed by atoms with van der Waals surface area (Å²) in [7, 11) is 0. The smallest absolute Gasteiger partial charge is 0.151 e. The zero-order chi connectivity index (χ0) is 11.9. The van der Waals surface area contributed by atoms with Crippen molar-refractivity contribution in [3.63, 3.8) is 0 Å². The summed E-state index contributed by atoms with van der Waals surface area (Å²) in [6.45, 7) is 3.33. The maximum absolute atomic E-state index is 4.52. The average Bonchev–Trinajstić information content (AvgIpc) is 2.89. The van der Waals surface area contributed by atoms with Crippen molar-refractivity contribution in [2.75, 3.05) is 41.9 Å². The van der Waals surface area contributed by atoms with Gasteiger partial charge in [-0.3, -0.25) is 0 Å². The van der Waals surface area contributed by atoms with E-state index in [4.69, 9.17) is 0 Å². The van der Waals surface area contributed by atoms with E-state index in [9.17, 15) is 0 Å². The Kier molecular flexibility index (Phi) is 4.98. The molecule has 2 rings (SSSR count). The minimum atomic E-state index is 1.04. The van der Waals surface area contributed by atoms with Crippen molar-refractivity contribution in [1.82, 2.24) is 4.98 Å². The van der Waals surface area contributed by atoms with Gasteiger partial charge in [0.05, 0.1) is 5.69 Å². The van der Waals surface area contributed by atoms with Gasteiger partial charge in [0.15, 0.2) is 5.82 Å². The molecule has 0 amide bonds. The summed E-state index contributed by atoms with van der Waals surface area (Å²) in [5, 5.41) is 3.51. The zero-order valence-electron chi connectivity index (χ0n) is 10.5. The van der Waals surface area contributed by atoms with E-state index in [1.54, 1.807) is 0 Å². The van der Waals surface area contributed by atoms with Gasteiger partial charge in [-0.25, -0.2) is 4.98 Å². The number of rotatable bonds is 6. The van der Waals surface area contributed by atoms with Crippen molar-refractivity contribution in [1.29, 1.82) is 0 Å². The molecule has 1 aliphatic heterocycles. The average molecular weight is 251 g/mol. The van der Waals surface area contributed by atoms with Gasteiger partial charge >= 0.3 is 0 Å². The topological polar surface area (TPSA) is 28.2 Å². The van der Waals surface area contributed by atoms with Crippen LogP contribution >= 0.6 is 11.8 Å². The van der Waals surface area contributed by atoms with Gasteiger partial charge in [0.2, 0.25) is 0 Å². The molecule has 1 aliphatic rings. The van der Waals surface area contributed by atoms with Crippen LogP contribution in [0, 0.1) is 0 Å². The fourth-order valence-corrected chi connectivity index (χ4v) is 2.59. The van der Waals surface area contributed by atoms with E-state index >= 15 is 0 Å². The lowest BCUT2D eigenvalue weighted by atomic mass is 10.3. The van der Waals surface area contributed by atoms with Crippen molar-refractivity contribution in [2.24, 2.45) is 0 Å². The molecular weight excluding hydrogens is 230 g/mol. The number of pyridine rings is 1. The number of aromatic nitrogens is 1. The fourth-order valence-electron chi connectivity index (χ4n) is 2.16. The second-order valence-corrected chi connectivity index (χ2v) is 5.33. The quantitative estimate of drug-likeness (QED) is 0.787. The summed E-state index contributed by atoms with van der Waals surface area (Å²) in [5.41, 5.74) is 1.19. The number of hydrogen-bond acceptors (Lipinski definition) is 4. The SMILES string of the molecule is CSCCCNc1cccnc1N1CCCC1. The molecule has 0 unspecified atom stereocenters. The van der Waals surface area contributed by atoms with Crippen LogP contribution in [-0.2, 0) is 0 Å². The zero-order valence-corrected chi connectivity index (χ0v) is 11.3. The highest BCUT2D eigenvalue weighted by Gasteiger charge is 2.16. The first-order valence-electron chi connectivity index (χ1n) is 6.34. The van der Waals surface area contributed by atoms with Crippen molar-refractivity contribution < 1.29 is 0 Å². The molecule has 0 aliphatic carbocycles. The Morgan fingerprint density at radius 2 is 2.24 bits per heavy atom. The molecule has 0 saturated carbocycles. The Balaban J connectivity index is 1.95. The lowest BCUT2D eigenvalue weighted by Gasteiger charge is -2.20. The molecule has 1 fully saturated rings. The summed E-state index contributed by atoms with van der Waals surface area (Å²) < 4.78 is 0. The Morgan fingerprint density at radius 1 is 1.41 bits per heavy atom. The molecule has 94 valence electrons. The molecule has 0 radical (unpaired) electrons. The van der Waals surface area contributed by atoms with Gasteiger partial charge in [-0.1, -0.05) is 0 Å². The van der Waals surface area contributed by atoms with Crippen molar-refractivity contribution in [2.45, 2.75) is 19.3 Å². The van der Waals surface area contributed by atoms with E-state index in [-0.39, 0.29) is 0 Å². The molecule has 1 aromatic rings. The van der Waals surface area contributed by atoms with Gasteiger partial charge in [-0.15, -0.1) is 0 Å². The minimum Gasteiger partial charge on any atom is -0.382 e. The van der Waals surface area contributed by atoms with E-state index in [1.165, 1.54) is 30.7 Å². The molecule has 0 atom stereocenters. The molecule has 0 spiro atoms. The summed E-state index contributed by atoms with van der Waals surface area (Å²) in [5.74, 6) is 2.35. The second-order valence-electron chi connectivity index (χ2n) is 4.34. The number of nitrogens with zero attached hydrogens (tertiary/aromatic N) is 2. The molecule has 1 N–H and O–H groups in total. The first-order chi connectivity index (χ1) is 8.42. The predicted octanol–water partition coefficient (Wildman–Crippen LogP) is 2.85. The monoisotopic (exact) mass is 251 g/mol. The molecule has 4 heteroatoms. The summed E-state index contributed by atoms with van der Waals surface area (Å²) in [4.78, 5) is 6.90. The van der Waals surface area contributed by atoms with Crippen LogP contribution < -0.4 is 10.2 Å². The maximum Gasteiger partial charge on any atom is 0.151 e. The highest BCUT2D eigenvalue weighted by Crippen LogP contribution is 2.25. The van der Waals surface area contributed by atoms with Crippen LogP contribution in [0.5, 0.6) is 0 Å². The lowest BCUT2D eigenvalue weighted by molar-refractivity contribution is 0.928. The fraction of sp³-hybridized carbons (Fsp3) is 0.615. The normalized spacial score (nSPS) is 15.2. The Hall–Kier alpha value is -0.900. The van der Waals surface area contributed by atoms with Crippen LogP contribution in [0.4, 0.5) is 11.5 Å². The third-order valence-corrected chi connectivity index (χ3v) is 3.73. The van der Waals surface area contributed by atoms with Crippen LogP contribution in [0.25, 0.3) is 0 Å². The van der Waals surface area contributed by atoms with E-state index in [0.29, 0.717) is 0 Å². The highest BCUT2D eigenvalue weighted by atomic mass is 32.2. The van der Waals surface area contributed by atoms with E-state index in [0.717, 1.165) is 25.5 Å². The molecule has 3 nitrogen and oxygen atoms in total. The van der Waals surface area contributed by atoms with Crippen LogP contribution in [0.2, 0.25) is 0 Å². The third kappa shape index (κ3) is 3.53. The highest BCUT2D eigenvalue weighted by molar-refractivity contribution is 7.98. The van der Waals surface area contributed by atoms with Gasteiger partial charge in [-0.2, -0.15) is 11.8 Å². The van der Waals surface area contributed by atoms with Gasteiger partial charge < -0.3 is 10.2 Å². The number of thioether (sulfide) groups is 1. The van der Waals surface area contributed by atoms with Gasteiger partial charge in [-0.05, 0) is 43.4 Å². The lowest BCUT2D eigenvalue weighted by Crippen LogP contribution is -2.20. The van der Waals surface area contributed by atoms with Crippen LogP contribution in [0.15, 0.2) is 18.3 Å². The summed E-state index contributed by atoms with van der Waals surface area (Å²) >= 11 is 1.90. The largest absolute Gasteiger partial charge is 0.382 e. The maximum atomic E-state index is 4.52. The predicted molar refractivity (Wildman–Crippen MR) is 77.2 cm³/mol. The van der Waals surface area contributed by atoms with Crippen molar-refractivity contribution in [3.05, 3.63) is 18.3 Å². The standard InChI is InChI=1S/C13H21N3S/c1-17-11-5-8-14-12-6-4-7-15-13(12)16-9-2-3-10-16/h4,6-7,14H,2-3,5,8-11H2,1H3. The Bertz CT molecular complexity index is 337. The van der Waals surface area contributed by atoms with Gasteiger partial charge in [0.25, 0.3) is 0 Å². The van der Waals surface area contributed by atoms with Crippen molar-refractivity contribution in [3.8, 4) is 0 Å². The molecule has 0 aromatic carbocycles. The van der Waals surface area contributed by atoms with Gasteiger partial charge in [0, 0.05) is 25.8 Å². The third-order valence-electron chi connectivity index (χ3n) is 3.03. The van der Waals surface area contributed by atoms with E-state index in [2.05, 4.69) is 27.5 Å². The first kappa shape index (κ1) is 12.6. The molecular formula is C13H21N3S. The Labute approximate surface area is 108 Å². The summed E-state index contributed by atoms with van der Waals surface area (Å²) in [6.07, 6.45) is 7.83. The molecule has 0 bridgehead atoms. The van der Waals surface area contributed by atoms with Crippen LogP contribution in [-0.4, -0.2) is 36.6 Å². The first-order valence-corrected chi connectivity index (χ1v) is 7.74. The number of hydrogen-bond donors (Lipinski definition) is 1. The van der Waals surface area contributed by atoms with Crippen LogP contribution in [0.1, 0.15) is 19.3 Å². The van der Waals surface area contributed by atoms with E-state index in [1.807, 2.05) is 24.0 Å². The molecule has 2 heterocycles. The minimum absolute atomic E-state index is 1.04. The van der Waals surface area contributed by atoms with E-state index < -0.39 is 0 Å². The van der Waals surface area contributed by atoms with Crippen LogP contribution in [0.3, 0.4) is 0 Å². The number of anilines is 2. The number of nitrogens with one attached hydrogen (secondary N) is 1. The van der Waals surface area contributed by atoms with Crippen molar-refractivity contribution >= 4 is 23.3 Å². The molecule has 17 heavy (non-hydrogen) atoms. The molecule has 1 aromatic heterocycles. The van der Waals surface area contributed by atoms with Gasteiger partial charge in [0.1, 0.15) is 0 Å².